The first kappa shape index (κ1) is 58.4. The van der Waals surface area contributed by atoms with Gasteiger partial charge in [0.1, 0.15) is 13.2 Å². The lowest BCUT2D eigenvalue weighted by Gasteiger charge is -2.18. The van der Waals surface area contributed by atoms with Crippen molar-refractivity contribution in [1.29, 1.82) is 0 Å². The fourth-order valence-electron chi connectivity index (χ4n) is 7.28. The summed E-state index contributed by atoms with van der Waals surface area (Å²) in [4.78, 5) is 37.9. The third kappa shape index (κ3) is 48.3. The number of carbonyl (C=O) groups excluding carboxylic acids is 3. The van der Waals surface area contributed by atoms with Crippen molar-refractivity contribution in [3.05, 3.63) is 48.6 Å². The molecule has 354 valence electrons. The molecule has 0 saturated carbocycles. The summed E-state index contributed by atoms with van der Waals surface area (Å²) in [6.45, 7) is 6.57. The third-order valence-electron chi connectivity index (χ3n) is 11.3. The van der Waals surface area contributed by atoms with E-state index in [2.05, 4.69) is 69.4 Å². The number of ether oxygens (including phenoxy) is 3. The number of allylic oxidation sites excluding steroid dienone is 8. The van der Waals surface area contributed by atoms with Crippen LogP contribution in [0.2, 0.25) is 0 Å². The fraction of sp³-hybridized carbons (Fsp3) is 0.800. The maximum absolute atomic E-state index is 12.8. The molecule has 0 heterocycles. The molecule has 0 aliphatic heterocycles. The molecule has 0 bridgehead atoms. The van der Waals surface area contributed by atoms with Gasteiger partial charge in [-0.25, -0.2) is 0 Å². The first-order chi connectivity index (χ1) is 30.0. The molecule has 6 heteroatoms. The Morgan fingerprint density at radius 3 is 0.967 bits per heavy atom. The standard InChI is InChI=1S/C55H98O6/c1-4-7-10-13-16-19-22-25-26-27-28-31-33-36-39-42-45-48-54(57)60-51-52(61-55(58)49-46-43-40-37-34-30-24-21-18-15-12-9-6-3)50-59-53(56)47-44-41-38-35-32-29-23-20-17-14-11-8-5-2/h16,19,25-26,29-30,32,34,52H,4-15,17-18,20-24,27-28,31,33,35-51H2,1-3H3/b19-16-,26-25-,32-29-,34-30-. The highest BCUT2D eigenvalue weighted by atomic mass is 16.6. The molecule has 1 unspecified atom stereocenters. The van der Waals surface area contributed by atoms with Gasteiger partial charge in [-0.05, 0) is 103 Å². The van der Waals surface area contributed by atoms with Gasteiger partial charge < -0.3 is 14.2 Å². The molecule has 0 aromatic rings. The molecule has 0 spiro atoms. The highest BCUT2D eigenvalue weighted by molar-refractivity contribution is 5.71. The fourth-order valence-corrected chi connectivity index (χ4v) is 7.28. The normalized spacial score (nSPS) is 12.4. The van der Waals surface area contributed by atoms with Crippen molar-refractivity contribution in [3.63, 3.8) is 0 Å². The number of rotatable bonds is 47. The van der Waals surface area contributed by atoms with Crippen LogP contribution >= 0.6 is 0 Å². The zero-order valence-corrected chi connectivity index (χ0v) is 40.4. The van der Waals surface area contributed by atoms with E-state index in [0.29, 0.717) is 19.3 Å². The number of unbranched alkanes of at least 4 members (excludes halogenated alkanes) is 28. The van der Waals surface area contributed by atoms with E-state index in [9.17, 15) is 14.4 Å². The second-order valence-electron chi connectivity index (χ2n) is 17.4. The van der Waals surface area contributed by atoms with Crippen molar-refractivity contribution in [1.82, 2.24) is 0 Å². The van der Waals surface area contributed by atoms with Crippen LogP contribution in [0.3, 0.4) is 0 Å². The summed E-state index contributed by atoms with van der Waals surface area (Å²) >= 11 is 0. The molecule has 0 aliphatic carbocycles. The number of esters is 3. The van der Waals surface area contributed by atoms with E-state index in [0.717, 1.165) is 96.3 Å². The quantitative estimate of drug-likeness (QED) is 0.0263. The summed E-state index contributed by atoms with van der Waals surface area (Å²) in [7, 11) is 0. The zero-order chi connectivity index (χ0) is 44.4. The third-order valence-corrected chi connectivity index (χ3v) is 11.3. The van der Waals surface area contributed by atoms with E-state index in [1.807, 2.05) is 0 Å². The summed E-state index contributed by atoms with van der Waals surface area (Å²) in [5.41, 5.74) is 0. The second-order valence-corrected chi connectivity index (χ2v) is 17.4. The van der Waals surface area contributed by atoms with Crippen molar-refractivity contribution >= 4 is 17.9 Å². The largest absolute Gasteiger partial charge is 0.462 e. The van der Waals surface area contributed by atoms with Gasteiger partial charge in [0.2, 0.25) is 0 Å². The van der Waals surface area contributed by atoms with E-state index in [-0.39, 0.29) is 31.1 Å². The van der Waals surface area contributed by atoms with E-state index < -0.39 is 6.10 Å². The minimum Gasteiger partial charge on any atom is -0.462 e. The van der Waals surface area contributed by atoms with Crippen LogP contribution in [0, 0.1) is 0 Å². The van der Waals surface area contributed by atoms with Crippen molar-refractivity contribution < 1.29 is 28.6 Å². The molecule has 0 aromatic carbocycles. The van der Waals surface area contributed by atoms with Gasteiger partial charge in [0.15, 0.2) is 6.10 Å². The van der Waals surface area contributed by atoms with Gasteiger partial charge >= 0.3 is 17.9 Å². The number of hydrogen-bond acceptors (Lipinski definition) is 6. The highest BCUT2D eigenvalue weighted by Crippen LogP contribution is 2.14. The Balaban J connectivity index is 4.40. The van der Waals surface area contributed by atoms with Crippen LogP contribution in [0.5, 0.6) is 0 Å². The minimum absolute atomic E-state index is 0.0873. The summed E-state index contributed by atoms with van der Waals surface area (Å²) in [6, 6.07) is 0. The Morgan fingerprint density at radius 1 is 0.328 bits per heavy atom. The highest BCUT2D eigenvalue weighted by Gasteiger charge is 2.19. The molecule has 0 radical (unpaired) electrons. The number of hydrogen-bond donors (Lipinski definition) is 0. The van der Waals surface area contributed by atoms with Crippen LogP contribution in [-0.2, 0) is 28.6 Å². The molecule has 0 aliphatic rings. The molecule has 0 saturated heterocycles. The van der Waals surface area contributed by atoms with Crippen LogP contribution in [0.15, 0.2) is 48.6 Å². The van der Waals surface area contributed by atoms with Gasteiger partial charge in [-0.15, -0.1) is 0 Å². The van der Waals surface area contributed by atoms with Gasteiger partial charge in [-0.2, -0.15) is 0 Å². The molecular weight excluding hydrogens is 757 g/mol. The van der Waals surface area contributed by atoms with Gasteiger partial charge in [-0.3, -0.25) is 14.4 Å². The first-order valence-electron chi connectivity index (χ1n) is 26.1. The monoisotopic (exact) mass is 855 g/mol. The van der Waals surface area contributed by atoms with E-state index in [1.54, 1.807) is 0 Å². The Morgan fingerprint density at radius 2 is 0.590 bits per heavy atom. The maximum Gasteiger partial charge on any atom is 0.306 e. The average Bonchev–Trinajstić information content (AvgIpc) is 3.26. The van der Waals surface area contributed by atoms with E-state index in [1.165, 1.54) is 128 Å². The Bertz CT molecular complexity index is 1070. The Hall–Kier alpha value is -2.63. The Labute approximate surface area is 378 Å². The van der Waals surface area contributed by atoms with Crippen LogP contribution in [0.4, 0.5) is 0 Å². The summed E-state index contributed by atoms with van der Waals surface area (Å²) in [5.74, 6) is -0.921. The van der Waals surface area contributed by atoms with Gasteiger partial charge in [0.25, 0.3) is 0 Å². The molecule has 6 nitrogen and oxygen atoms in total. The van der Waals surface area contributed by atoms with Crippen LogP contribution in [0.25, 0.3) is 0 Å². The summed E-state index contributed by atoms with van der Waals surface area (Å²) in [5, 5.41) is 0. The van der Waals surface area contributed by atoms with E-state index in [4.69, 9.17) is 14.2 Å². The topological polar surface area (TPSA) is 78.9 Å². The molecule has 0 rings (SSSR count). The zero-order valence-electron chi connectivity index (χ0n) is 40.4. The summed E-state index contributed by atoms with van der Waals surface area (Å²) in [6.07, 6.45) is 59.5. The van der Waals surface area contributed by atoms with Crippen molar-refractivity contribution in [2.24, 2.45) is 0 Å². The Kier molecular flexibility index (Phi) is 47.9. The first-order valence-corrected chi connectivity index (χ1v) is 26.1. The van der Waals surface area contributed by atoms with Crippen molar-refractivity contribution in [3.8, 4) is 0 Å². The van der Waals surface area contributed by atoms with E-state index >= 15 is 0 Å². The average molecular weight is 855 g/mol. The lowest BCUT2D eigenvalue weighted by Crippen LogP contribution is -2.30. The summed E-state index contributed by atoms with van der Waals surface area (Å²) < 4.78 is 16.8. The van der Waals surface area contributed by atoms with Gasteiger partial charge in [0, 0.05) is 19.3 Å². The lowest BCUT2D eigenvalue weighted by molar-refractivity contribution is -0.167. The molecule has 0 aromatic heterocycles. The predicted octanol–water partition coefficient (Wildman–Crippen LogP) is 17.1. The lowest BCUT2D eigenvalue weighted by atomic mass is 10.1. The van der Waals surface area contributed by atoms with Crippen LogP contribution < -0.4 is 0 Å². The molecular formula is C55H98O6. The predicted molar refractivity (Wildman–Crippen MR) is 261 cm³/mol. The molecule has 1 atom stereocenters. The second kappa shape index (κ2) is 50.0. The molecule has 0 amide bonds. The molecule has 0 N–H and O–H groups in total. The van der Waals surface area contributed by atoms with Gasteiger partial charge in [0.05, 0.1) is 0 Å². The molecule has 0 fully saturated rings. The number of carbonyl (C=O) groups is 3. The van der Waals surface area contributed by atoms with Crippen molar-refractivity contribution in [2.45, 2.75) is 271 Å². The molecule has 61 heavy (non-hydrogen) atoms. The van der Waals surface area contributed by atoms with Gasteiger partial charge in [-0.1, -0.05) is 191 Å². The maximum atomic E-state index is 12.8. The van der Waals surface area contributed by atoms with Crippen LogP contribution in [-0.4, -0.2) is 37.2 Å². The van der Waals surface area contributed by atoms with Crippen molar-refractivity contribution in [2.75, 3.05) is 13.2 Å². The smallest absolute Gasteiger partial charge is 0.306 e. The SMILES string of the molecule is CCCCC/C=C\C/C=C\CCCCCCCCCC(=O)OCC(COC(=O)CCCCC/C=C\CCCCCCCC)OC(=O)CCCCC/C=C\CCCCCCCC. The van der Waals surface area contributed by atoms with Crippen LogP contribution in [0.1, 0.15) is 265 Å². The minimum atomic E-state index is -0.788.